The number of H-pyrrole nitrogens is 1. The van der Waals surface area contributed by atoms with Gasteiger partial charge in [0.25, 0.3) is 5.91 Å². The Morgan fingerprint density at radius 1 is 1.07 bits per heavy atom. The lowest BCUT2D eigenvalue weighted by molar-refractivity contribution is 0.0740. The molecule has 1 saturated heterocycles. The summed E-state index contributed by atoms with van der Waals surface area (Å²) in [6, 6.07) is 9.17. The molecule has 0 spiro atoms. The molecule has 1 aliphatic rings. The van der Waals surface area contributed by atoms with Crippen LogP contribution in [-0.2, 0) is 0 Å². The van der Waals surface area contributed by atoms with Crippen LogP contribution in [0.3, 0.4) is 0 Å². The highest BCUT2D eigenvalue weighted by Gasteiger charge is 2.25. The average molecular weight is 390 g/mol. The highest BCUT2D eigenvalue weighted by molar-refractivity contribution is 5.93. The third-order valence-electron chi connectivity index (χ3n) is 4.88. The number of amides is 1. The van der Waals surface area contributed by atoms with Crippen molar-refractivity contribution in [1.29, 1.82) is 0 Å². The number of carbonyl (C=O) groups excluding carboxylic acids is 1. The molecule has 1 amide bonds. The number of nitrogens with one attached hydrogen (secondary N) is 1. The molecule has 10 nitrogen and oxygen atoms in total. The van der Waals surface area contributed by atoms with E-state index in [1.807, 2.05) is 24.4 Å². The molecule has 10 heteroatoms. The molecule has 0 bridgehead atoms. The largest absolute Gasteiger partial charge is 0.463 e. The van der Waals surface area contributed by atoms with Gasteiger partial charge >= 0.3 is 0 Å². The zero-order chi connectivity index (χ0) is 19.6. The summed E-state index contributed by atoms with van der Waals surface area (Å²) in [6.45, 7) is 2.54. The zero-order valence-electron chi connectivity index (χ0n) is 15.5. The van der Waals surface area contributed by atoms with Gasteiger partial charge in [-0.2, -0.15) is 5.10 Å². The summed E-state index contributed by atoms with van der Waals surface area (Å²) in [5, 5.41) is 15.6. The molecule has 0 unspecified atom stereocenters. The lowest BCUT2D eigenvalue weighted by Gasteiger charge is -2.34. The fraction of sp³-hybridized carbons (Fsp3) is 0.211. The van der Waals surface area contributed by atoms with Gasteiger partial charge < -0.3 is 14.2 Å². The highest BCUT2D eigenvalue weighted by atomic mass is 16.3. The minimum atomic E-state index is -0.0970. The Bertz CT molecular complexity index is 1080. The monoisotopic (exact) mass is 390 g/mol. The first-order valence-corrected chi connectivity index (χ1v) is 9.23. The Morgan fingerprint density at radius 3 is 2.59 bits per heavy atom. The van der Waals surface area contributed by atoms with E-state index in [2.05, 4.69) is 30.3 Å². The number of imidazole rings is 1. The SMILES string of the molecule is O=C(c1cc(-c2ccco2)[nH]n1)N1CCN(c2ccc(-n3ccnc3)nn2)CC1. The summed E-state index contributed by atoms with van der Waals surface area (Å²) in [7, 11) is 0. The van der Waals surface area contributed by atoms with Crippen LogP contribution in [-0.4, -0.2) is 66.9 Å². The lowest BCUT2D eigenvalue weighted by atomic mass is 10.2. The van der Waals surface area contributed by atoms with E-state index in [9.17, 15) is 4.79 Å². The van der Waals surface area contributed by atoms with E-state index in [1.54, 1.807) is 40.4 Å². The maximum atomic E-state index is 12.8. The first kappa shape index (κ1) is 17.2. The number of aromatic nitrogens is 6. The molecule has 146 valence electrons. The predicted molar refractivity (Wildman–Crippen MR) is 104 cm³/mol. The molecule has 0 atom stereocenters. The molecule has 1 aliphatic heterocycles. The maximum absolute atomic E-state index is 12.8. The van der Waals surface area contributed by atoms with Gasteiger partial charge in [0.2, 0.25) is 0 Å². The second kappa shape index (κ2) is 7.23. The van der Waals surface area contributed by atoms with E-state index < -0.39 is 0 Å². The summed E-state index contributed by atoms with van der Waals surface area (Å²) in [5.74, 6) is 2.06. The van der Waals surface area contributed by atoms with Crippen molar-refractivity contribution in [2.45, 2.75) is 0 Å². The van der Waals surface area contributed by atoms with Crippen molar-refractivity contribution in [2.24, 2.45) is 0 Å². The van der Waals surface area contributed by atoms with E-state index in [-0.39, 0.29) is 5.91 Å². The Morgan fingerprint density at radius 2 is 1.90 bits per heavy atom. The van der Waals surface area contributed by atoms with Crippen LogP contribution in [0.25, 0.3) is 17.3 Å². The van der Waals surface area contributed by atoms with Gasteiger partial charge in [-0.1, -0.05) is 0 Å². The van der Waals surface area contributed by atoms with E-state index in [4.69, 9.17) is 4.42 Å². The van der Waals surface area contributed by atoms with Crippen molar-refractivity contribution in [2.75, 3.05) is 31.1 Å². The number of piperazine rings is 1. The van der Waals surface area contributed by atoms with Crippen molar-refractivity contribution in [3.63, 3.8) is 0 Å². The molecule has 1 fully saturated rings. The molecule has 1 N–H and O–H groups in total. The van der Waals surface area contributed by atoms with Gasteiger partial charge in [-0.25, -0.2) is 4.98 Å². The van der Waals surface area contributed by atoms with Crippen molar-refractivity contribution < 1.29 is 9.21 Å². The van der Waals surface area contributed by atoms with Gasteiger partial charge in [0.1, 0.15) is 12.0 Å². The second-order valence-electron chi connectivity index (χ2n) is 6.64. The Kier molecular flexibility index (Phi) is 4.28. The predicted octanol–water partition coefficient (Wildman–Crippen LogP) is 1.61. The molecule has 4 aromatic rings. The van der Waals surface area contributed by atoms with Crippen LogP contribution >= 0.6 is 0 Å². The van der Waals surface area contributed by atoms with Gasteiger partial charge in [0.15, 0.2) is 23.1 Å². The average Bonchev–Trinajstić information content (AvgIpc) is 3.55. The number of hydrogen-bond donors (Lipinski definition) is 1. The summed E-state index contributed by atoms with van der Waals surface area (Å²) in [6.07, 6.45) is 6.78. The van der Waals surface area contributed by atoms with Crippen LogP contribution in [0, 0.1) is 0 Å². The fourth-order valence-corrected chi connectivity index (χ4v) is 3.31. The quantitative estimate of drug-likeness (QED) is 0.564. The molecule has 0 saturated carbocycles. The Balaban J connectivity index is 1.22. The van der Waals surface area contributed by atoms with Crippen molar-refractivity contribution in [1.82, 2.24) is 34.8 Å². The molecule has 4 aromatic heterocycles. The van der Waals surface area contributed by atoms with Crippen molar-refractivity contribution >= 4 is 11.7 Å². The number of aromatic amines is 1. The number of nitrogens with zero attached hydrogens (tertiary/aromatic N) is 7. The highest BCUT2D eigenvalue weighted by Crippen LogP contribution is 2.20. The number of furan rings is 1. The van der Waals surface area contributed by atoms with E-state index >= 15 is 0 Å². The number of hydrogen-bond acceptors (Lipinski definition) is 7. The number of carbonyl (C=O) groups is 1. The third kappa shape index (κ3) is 3.35. The summed E-state index contributed by atoms with van der Waals surface area (Å²) < 4.78 is 7.13. The molecule has 0 radical (unpaired) electrons. The van der Waals surface area contributed by atoms with Crippen LogP contribution < -0.4 is 4.90 Å². The van der Waals surface area contributed by atoms with Gasteiger partial charge in [-0.3, -0.25) is 14.5 Å². The van der Waals surface area contributed by atoms with Crippen LogP contribution in [0.2, 0.25) is 0 Å². The number of anilines is 1. The molecule has 5 rings (SSSR count). The molecule has 0 aliphatic carbocycles. The summed E-state index contributed by atoms with van der Waals surface area (Å²) in [4.78, 5) is 20.7. The Hall–Kier alpha value is -3.95. The lowest BCUT2D eigenvalue weighted by Crippen LogP contribution is -2.49. The van der Waals surface area contributed by atoms with Crippen LogP contribution in [0.5, 0.6) is 0 Å². The summed E-state index contributed by atoms with van der Waals surface area (Å²) >= 11 is 0. The van der Waals surface area contributed by atoms with E-state index in [1.165, 1.54) is 0 Å². The van der Waals surface area contributed by atoms with E-state index in [0.29, 0.717) is 49.1 Å². The van der Waals surface area contributed by atoms with Crippen molar-refractivity contribution in [3.8, 4) is 17.3 Å². The fourth-order valence-electron chi connectivity index (χ4n) is 3.31. The minimum absolute atomic E-state index is 0.0970. The first-order valence-electron chi connectivity index (χ1n) is 9.23. The summed E-state index contributed by atoms with van der Waals surface area (Å²) in [5.41, 5.74) is 1.07. The first-order chi connectivity index (χ1) is 14.3. The van der Waals surface area contributed by atoms with Crippen LogP contribution in [0.4, 0.5) is 5.82 Å². The van der Waals surface area contributed by atoms with Crippen LogP contribution in [0.15, 0.2) is 59.7 Å². The molecule has 29 heavy (non-hydrogen) atoms. The minimum Gasteiger partial charge on any atom is -0.463 e. The second-order valence-corrected chi connectivity index (χ2v) is 6.64. The smallest absolute Gasteiger partial charge is 0.274 e. The van der Waals surface area contributed by atoms with E-state index in [0.717, 1.165) is 5.82 Å². The molecular formula is C19H18N8O2. The van der Waals surface area contributed by atoms with Gasteiger partial charge in [-0.15, -0.1) is 10.2 Å². The van der Waals surface area contributed by atoms with Crippen molar-refractivity contribution in [3.05, 3.63) is 61.0 Å². The molecular weight excluding hydrogens is 372 g/mol. The van der Waals surface area contributed by atoms with Gasteiger partial charge in [0, 0.05) is 44.6 Å². The number of rotatable bonds is 4. The zero-order valence-corrected chi connectivity index (χ0v) is 15.5. The maximum Gasteiger partial charge on any atom is 0.274 e. The van der Waals surface area contributed by atoms with Crippen LogP contribution in [0.1, 0.15) is 10.5 Å². The molecule has 0 aromatic carbocycles. The standard InChI is InChI=1S/C19H18N8O2/c28-19(15-12-14(21-22-15)16-2-1-11-29-16)26-9-7-25(8-10-26)17-3-4-18(24-23-17)27-6-5-20-13-27/h1-6,11-13H,7-10H2,(H,21,22). The molecule has 5 heterocycles. The van der Waals surface area contributed by atoms with Gasteiger partial charge in [0.05, 0.1) is 6.26 Å². The topological polar surface area (TPSA) is 109 Å². The normalized spacial score (nSPS) is 14.3. The Labute approximate surface area is 165 Å². The van der Waals surface area contributed by atoms with Gasteiger partial charge in [-0.05, 0) is 24.3 Å². The third-order valence-corrected chi connectivity index (χ3v) is 4.88.